The first-order chi connectivity index (χ1) is 13.8. The fourth-order valence-electron chi connectivity index (χ4n) is 4.25. The number of carbonyl (C=O) groups excluding carboxylic acids is 1. The molecule has 9 heteroatoms. The number of amides is 1. The van der Waals surface area contributed by atoms with Crippen LogP contribution >= 0.6 is 11.3 Å². The van der Waals surface area contributed by atoms with Gasteiger partial charge in [-0.1, -0.05) is 18.3 Å². The first-order valence-corrected chi connectivity index (χ1v) is 12.4. The molecule has 0 atom stereocenters. The minimum atomic E-state index is -3.63. The maximum atomic E-state index is 13.1. The molecule has 3 heterocycles. The van der Waals surface area contributed by atoms with Crippen LogP contribution in [0.1, 0.15) is 32.6 Å². The third-order valence-electron chi connectivity index (χ3n) is 6.30. The summed E-state index contributed by atoms with van der Waals surface area (Å²) in [6.45, 7) is 4.56. The van der Waals surface area contributed by atoms with Gasteiger partial charge in [-0.3, -0.25) is 9.59 Å². The number of piperidine rings is 2. The average molecular weight is 438 g/mol. The van der Waals surface area contributed by atoms with Gasteiger partial charge in [0.15, 0.2) is 0 Å². The Hall–Kier alpha value is -1.71. The van der Waals surface area contributed by atoms with Gasteiger partial charge >= 0.3 is 4.87 Å². The third-order valence-corrected chi connectivity index (χ3v) is 9.19. The summed E-state index contributed by atoms with van der Waals surface area (Å²) in [4.78, 5) is 26.7. The second kappa shape index (κ2) is 7.85. The molecule has 0 saturated carbocycles. The van der Waals surface area contributed by atoms with Gasteiger partial charge in [0, 0.05) is 39.1 Å². The van der Waals surface area contributed by atoms with Gasteiger partial charge in [-0.25, -0.2) is 8.42 Å². The third kappa shape index (κ3) is 3.87. The van der Waals surface area contributed by atoms with Crippen molar-refractivity contribution in [2.75, 3.05) is 26.2 Å². The second-order valence-corrected chi connectivity index (χ2v) is 11.2. The number of carbonyl (C=O) groups is 1. The number of benzene rings is 1. The van der Waals surface area contributed by atoms with Crippen molar-refractivity contribution in [2.45, 2.75) is 37.5 Å². The summed E-state index contributed by atoms with van der Waals surface area (Å²) in [6, 6.07) is 4.84. The summed E-state index contributed by atoms with van der Waals surface area (Å²) in [5, 5.41) is 0. The monoisotopic (exact) mass is 437 g/mol. The highest BCUT2D eigenvalue weighted by Crippen LogP contribution is 2.28. The molecule has 1 aromatic heterocycles. The summed E-state index contributed by atoms with van der Waals surface area (Å²) >= 11 is 1.05. The number of sulfonamides is 1. The molecule has 2 aromatic rings. The smallest absolute Gasteiger partial charge is 0.307 e. The topological polar surface area (TPSA) is 79.7 Å². The molecule has 0 radical (unpaired) electrons. The highest BCUT2D eigenvalue weighted by Gasteiger charge is 2.34. The summed E-state index contributed by atoms with van der Waals surface area (Å²) < 4.78 is 29.8. The molecule has 0 spiro atoms. The summed E-state index contributed by atoms with van der Waals surface area (Å²) in [7, 11) is -1.95. The maximum Gasteiger partial charge on any atom is 0.307 e. The predicted molar refractivity (Wildman–Crippen MR) is 114 cm³/mol. The Morgan fingerprint density at radius 2 is 1.72 bits per heavy atom. The highest BCUT2D eigenvalue weighted by atomic mass is 32.2. The Morgan fingerprint density at radius 1 is 1.07 bits per heavy atom. The Kier molecular flexibility index (Phi) is 5.56. The quantitative estimate of drug-likeness (QED) is 0.738. The molecule has 0 unspecified atom stereocenters. The molecule has 1 aromatic carbocycles. The molecule has 4 rings (SSSR count). The van der Waals surface area contributed by atoms with Crippen LogP contribution in [0.15, 0.2) is 27.9 Å². The fraction of sp³-hybridized carbons (Fsp3) is 0.600. The van der Waals surface area contributed by atoms with Gasteiger partial charge in [-0.05, 0) is 49.8 Å². The lowest BCUT2D eigenvalue weighted by molar-refractivity contribution is -0.138. The molecule has 2 fully saturated rings. The zero-order valence-corrected chi connectivity index (χ0v) is 18.5. The van der Waals surface area contributed by atoms with Crippen molar-refractivity contribution in [3.63, 3.8) is 0 Å². The maximum absolute atomic E-state index is 13.1. The normalized spacial score (nSPS) is 20.4. The van der Waals surface area contributed by atoms with Crippen LogP contribution in [0, 0.1) is 11.8 Å². The summed E-state index contributed by atoms with van der Waals surface area (Å²) in [5.41, 5.74) is 0.735. The largest absolute Gasteiger partial charge is 0.342 e. The number of fused-ring (bicyclic) bond motifs is 1. The lowest BCUT2D eigenvalue weighted by Crippen LogP contribution is -2.46. The average Bonchev–Trinajstić information content (AvgIpc) is 3.01. The van der Waals surface area contributed by atoms with Crippen molar-refractivity contribution in [3.8, 4) is 0 Å². The van der Waals surface area contributed by atoms with Crippen LogP contribution in [0.5, 0.6) is 0 Å². The van der Waals surface area contributed by atoms with Crippen molar-refractivity contribution in [3.05, 3.63) is 27.9 Å². The molecule has 2 aliphatic heterocycles. The molecule has 158 valence electrons. The Labute approximate surface area is 175 Å². The van der Waals surface area contributed by atoms with Crippen molar-refractivity contribution < 1.29 is 13.2 Å². The van der Waals surface area contributed by atoms with E-state index in [0.717, 1.165) is 42.8 Å². The van der Waals surface area contributed by atoms with Crippen molar-refractivity contribution >= 4 is 37.5 Å². The standard InChI is InChI=1S/C20H27N3O4S2/c1-14-5-9-22(10-6-14)19(24)15-7-11-23(12-8-15)29(26,27)16-3-4-17-18(13-16)28-20(25)21(17)2/h3-4,13-15H,5-12H2,1-2H3. The zero-order chi connectivity index (χ0) is 20.8. The van der Waals surface area contributed by atoms with Crippen LogP contribution in [0.4, 0.5) is 0 Å². The van der Waals surface area contributed by atoms with Gasteiger partial charge in [0.2, 0.25) is 15.9 Å². The van der Waals surface area contributed by atoms with Gasteiger partial charge < -0.3 is 9.47 Å². The molecule has 2 aliphatic rings. The van der Waals surface area contributed by atoms with Crippen molar-refractivity contribution in [1.82, 2.24) is 13.8 Å². The first-order valence-electron chi connectivity index (χ1n) is 10.2. The summed E-state index contributed by atoms with van der Waals surface area (Å²) in [6.07, 6.45) is 3.22. The summed E-state index contributed by atoms with van der Waals surface area (Å²) in [5.74, 6) is 0.771. The SMILES string of the molecule is CC1CCN(C(=O)C2CCN(S(=O)(=O)c3ccc4c(c3)sc(=O)n4C)CC2)CC1. The predicted octanol–water partition coefficient (Wildman–Crippen LogP) is 2.26. The number of aryl methyl sites for hydroxylation is 1. The van der Waals surface area contributed by atoms with Crippen LogP contribution in [-0.4, -0.2) is 54.3 Å². The van der Waals surface area contributed by atoms with Gasteiger partial charge in [0.25, 0.3) is 0 Å². The van der Waals surface area contributed by atoms with Gasteiger partial charge in [0.1, 0.15) is 0 Å². The van der Waals surface area contributed by atoms with Gasteiger partial charge in [-0.2, -0.15) is 4.31 Å². The van der Waals surface area contributed by atoms with Crippen LogP contribution < -0.4 is 4.87 Å². The van der Waals surface area contributed by atoms with Crippen LogP contribution in [0.25, 0.3) is 10.2 Å². The first kappa shape index (κ1) is 20.6. The number of aromatic nitrogens is 1. The second-order valence-electron chi connectivity index (χ2n) is 8.24. The van der Waals surface area contributed by atoms with Gasteiger partial charge in [-0.15, -0.1) is 0 Å². The van der Waals surface area contributed by atoms with E-state index in [9.17, 15) is 18.0 Å². The molecule has 7 nitrogen and oxygen atoms in total. The fourth-order valence-corrected chi connectivity index (χ4v) is 6.74. The van der Waals surface area contributed by atoms with Crippen molar-refractivity contribution in [1.29, 1.82) is 0 Å². The number of thiazole rings is 1. The Bertz CT molecular complexity index is 1070. The van der Waals surface area contributed by atoms with E-state index in [1.54, 1.807) is 25.2 Å². The highest BCUT2D eigenvalue weighted by molar-refractivity contribution is 7.89. The van der Waals surface area contributed by atoms with E-state index in [-0.39, 0.29) is 21.6 Å². The van der Waals surface area contributed by atoms with E-state index in [4.69, 9.17) is 0 Å². The van der Waals surface area contributed by atoms with E-state index in [2.05, 4.69) is 6.92 Å². The Morgan fingerprint density at radius 3 is 2.38 bits per heavy atom. The van der Waals surface area contributed by atoms with E-state index >= 15 is 0 Å². The number of likely N-dealkylation sites (tertiary alicyclic amines) is 1. The lowest BCUT2D eigenvalue weighted by Gasteiger charge is -2.36. The number of hydrogen-bond acceptors (Lipinski definition) is 5. The molecule has 0 bridgehead atoms. The van der Waals surface area contributed by atoms with E-state index in [1.807, 2.05) is 4.90 Å². The molecular formula is C20H27N3O4S2. The van der Waals surface area contributed by atoms with Crippen LogP contribution in [0.3, 0.4) is 0 Å². The number of hydrogen-bond donors (Lipinski definition) is 0. The zero-order valence-electron chi connectivity index (χ0n) is 16.8. The molecule has 2 saturated heterocycles. The van der Waals surface area contributed by atoms with E-state index in [1.165, 1.54) is 8.87 Å². The van der Waals surface area contributed by atoms with Crippen LogP contribution in [0.2, 0.25) is 0 Å². The minimum Gasteiger partial charge on any atom is -0.342 e. The molecule has 1 amide bonds. The van der Waals surface area contributed by atoms with E-state index in [0.29, 0.717) is 36.5 Å². The molecular weight excluding hydrogens is 410 g/mol. The van der Waals surface area contributed by atoms with Crippen molar-refractivity contribution in [2.24, 2.45) is 18.9 Å². The molecule has 0 aliphatic carbocycles. The number of rotatable bonds is 3. The molecule has 29 heavy (non-hydrogen) atoms. The molecule has 0 N–H and O–H groups in total. The Balaban J connectivity index is 1.45. The van der Waals surface area contributed by atoms with Gasteiger partial charge in [0.05, 0.1) is 15.1 Å². The lowest BCUT2D eigenvalue weighted by atomic mass is 9.93. The minimum absolute atomic E-state index is 0.0864. The van der Waals surface area contributed by atoms with Crippen LogP contribution in [-0.2, 0) is 21.9 Å². The number of nitrogens with zero attached hydrogens (tertiary/aromatic N) is 3. The van der Waals surface area contributed by atoms with E-state index < -0.39 is 10.0 Å².